The summed E-state index contributed by atoms with van der Waals surface area (Å²) >= 11 is 6.04. The summed E-state index contributed by atoms with van der Waals surface area (Å²) in [6, 6.07) is 7.34. The number of amides is 3. The van der Waals surface area contributed by atoms with Crippen LogP contribution in [0.2, 0.25) is 5.02 Å². The monoisotopic (exact) mass is 417 g/mol. The fourth-order valence-electron chi connectivity index (χ4n) is 2.45. The Kier molecular flexibility index (Phi) is 5.25. The van der Waals surface area contributed by atoms with Crippen molar-refractivity contribution in [2.45, 2.75) is 26.4 Å². The minimum absolute atomic E-state index is 0.126. The number of nitrogens with one attached hydrogen (secondary N) is 1. The molecule has 29 heavy (non-hydrogen) atoms. The number of anilines is 1. The quantitative estimate of drug-likeness (QED) is 0.760. The fraction of sp³-hybridized carbons (Fsp3) is 0.211. The standard InChI is InChI=1S/C19H16ClN3O6/c1-19(2,3)28-18(27)22-10-8-13(20)14(21-9-10)17(26)29-23-15(24)11-6-4-5-7-12(11)16(23)25/h4-9H,1-3H3,(H,22,27). The Morgan fingerprint density at radius 3 is 2.21 bits per heavy atom. The number of hydrogen-bond acceptors (Lipinski definition) is 7. The van der Waals surface area contributed by atoms with Crippen LogP contribution < -0.4 is 5.32 Å². The highest BCUT2D eigenvalue weighted by molar-refractivity contribution is 6.33. The first kappa shape index (κ1) is 20.3. The molecule has 1 aliphatic heterocycles. The average molecular weight is 418 g/mol. The van der Waals surface area contributed by atoms with Crippen LogP contribution in [0, 0.1) is 0 Å². The molecule has 0 saturated carbocycles. The van der Waals surface area contributed by atoms with Crippen LogP contribution in [0.15, 0.2) is 36.5 Å². The fourth-order valence-corrected chi connectivity index (χ4v) is 2.70. The molecule has 0 fully saturated rings. The third-order valence-electron chi connectivity index (χ3n) is 3.61. The van der Waals surface area contributed by atoms with Gasteiger partial charge >= 0.3 is 12.1 Å². The Labute approximate surface area is 170 Å². The van der Waals surface area contributed by atoms with Gasteiger partial charge in [-0.05, 0) is 39.0 Å². The van der Waals surface area contributed by atoms with Crippen LogP contribution in [0.25, 0.3) is 0 Å². The number of benzene rings is 1. The van der Waals surface area contributed by atoms with Gasteiger partial charge in [-0.25, -0.2) is 14.6 Å². The first-order valence-electron chi connectivity index (χ1n) is 8.42. The summed E-state index contributed by atoms with van der Waals surface area (Å²) in [5.74, 6) is -2.63. The Morgan fingerprint density at radius 2 is 1.69 bits per heavy atom. The highest BCUT2D eigenvalue weighted by Crippen LogP contribution is 2.25. The Bertz CT molecular complexity index is 996. The van der Waals surface area contributed by atoms with Crippen LogP contribution >= 0.6 is 11.6 Å². The largest absolute Gasteiger partial charge is 0.444 e. The van der Waals surface area contributed by atoms with E-state index in [0.717, 1.165) is 6.20 Å². The van der Waals surface area contributed by atoms with E-state index >= 15 is 0 Å². The van der Waals surface area contributed by atoms with Gasteiger partial charge in [-0.3, -0.25) is 14.9 Å². The molecule has 0 bridgehead atoms. The predicted octanol–water partition coefficient (Wildman–Crippen LogP) is 3.45. The zero-order valence-corrected chi connectivity index (χ0v) is 16.4. The maximum atomic E-state index is 12.4. The molecule has 0 radical (unpaired) electrons. The van der Waals surface area contributed by atoms with E-state index in [1.54, 1.807) is 32.9 Å². The minimum atomic E-state index is -1.10. The summed E-state index contributed by atoms with van der Waals surface area (Å²) in [4.78, 5) is 57.4. The van der Waals surface area contributed by atoms with Crippen molar-refractivity contribution in [3.8, 4) is 0 Å². The highest BCUT2D eigenvalue weighted by Gasteiger charge is 2.39. The summed E-state index contributed by atoms with van der Waals surface area (Å²) < 4.78 is 5.11. The van der Waals surface area contributed by atoms with Gasteiger partial charge < -0.3 is 9.57 Å². The number of hydrogen-bond donors (Lipinski definition) is 1. The second kappa shape index (κ2) is 7.51. The molecule has 0 unspecified atom stereocenters. The number of imide groups is 1. The van der Waals surface area contributed by atoms with E-state index in [0.29, 0.717) is 5.06 Å². The van der Waals surface area contributed by atoms with Gasteiger partial charge in [-0.15, -0.1) is 0 Å². The van der Waals surface area contributed by atoms with E-state index in [2.05, 4.69) is 10.3 Å². The second-order valence-electron chi connectivity index (χ2n) is 7.01. The van der Waals surface area contributed by atoms with E-state index in [-0.39, 0.29) is 27.5 Å². The van der Waals surface area contributed by atoms with Crippen LogP contribution in [-0.2, 0) is 9.57 Å². The molecule has 1 aromatic heterocycles. The molecule has 1 aromatic carbocycles. The first-order chi connectivity index (χ1) is 13.6. The number of carbonyl (C=O) groups excluding carboxylic acids is 4. The maximum absolute atomic E-state index is 12.4. The maximum Gasteiger partial charge on any atom is 0.412 e. The van der Waals surface area contributed by atoms with Gasteiger partial charge in [0.1, 0.15) is 5.60 Å². The summed E-state index contributed by atoms with van der Waals surface area (Å²) in [5, 5.41) is 2.63. The molecule has 1 aliphatic rings. The highest BCUT2D eigenvalue weighted by atomic mass is 35.5. The topological polar surface area (TPSA) is 115 Å². The van der Waals surface area contributed by atoms with Gasteiger partial charge in [0.2, 0.25) is 0 Å². The molecule has 0 spiro atoms. The van der Waals surface area contributed by atoms with Crippen LogP contribution in [0.3, 0.4) is 0 Å². The number of halogens is 1. The molecule has 2 heterocycles. The van der Waals surface area contributed by atoms with E-state index in [1.165, 1.54) is 18.2 Å². The van der Waals surface area contributed by atoms with Gasteiger partial charge in [0.15, 0.2) is 5.69 Å². The Balaban J connectivity index is 1.72. The summed E-state index contributed by atoms with van der Waals surface area (Å²) in [6.07, 6.45) is 0.436. The Morgan fingerprint density at radius 1 is 1.10 bits per heavy atom. The van der Waals surface area contributed by atoms with Crippen LogP contribution in [-0.4, -0.2) is 39.5 Å². The van der Waals surface area contributed by atoms with Crippen molar-refractivity contribution in [2.24, 2.45) is 0 Å². The number of pyridine rings is 1. The molecule has 0 atom stereocenters. The van der Waals surface area contributed by atoms with Gasteiger partial charge in [0.25, 0.3) is 11.8 Å². The molecule has 150 valence electrons. The molecule has 3 rings (SSSR count). The van der Waals surface area contributed by atoms with Crippen molar-refractivity contribution >= 4 is 41.2 Å². The molecular formula is C19H16ClN3O6. The molecule has 0 saturated heterocycles. The number of ether oxygens (including phenoxy) is 1. The van der Waals surface area contributed by atoms with Gasteiger partial charge in [0.05, 0.1) is 28.0 Å². The molecule has 9 nitrogen and oxygen atoms in total. The van der Waals surface area contributed by atoms with Gasteiger partial charge in [-0.1, -0.05) is 28.8 Å². The number of nitrogens with zero attached hydrogens (tertiary/aromatic N) is 2. The van der Waals surface area contributed by atoms with Crippen molar-refractivity contribution < 1.29 is 28.8 Å². The Hall–Kier alpha value is -3.46. The van der Waals surface area contributed by atoms with Crippen LogP contribution in [0.1, 0.15) is 52.0 Å². The lowest BCUT2D eigenvalue weighted by Gasteiger charge is -2.19. The van der Waals surface area contributed by atoms with E-state index in [9.17, 15) is 19.2 Å². The van der Waals surface area contributed by atoms with E-state index in [1.807, 2.05) is 0 Å². The van der Waals surface area contributed by atoms with Crippen molar-refractivity contribution in [1.29, 1.82) is 0 Å². The normalized spacial score (nSPS) is 13.2. The lowest BCUT2D eigenvalue weighted by atomic mass is 10.1. The summed E-state index contributed by atoms with van der Waals surface area (Å²) in [5.41, 5.74) is -0.598. The SMILES string of the molecule is CC(C)(C)OC(=O)Nc1cnc(C(=O)ON2C(=O)c3ccccc3C2=O)c(Cl)c1. The van der Waals surface area contributed by atoms with Crippen LogP contribution in [0.4, 0.5) is 10.5 Å². The number of rotatable bonds is 3. The first-order valence-corrected chi connectivity index (χ1v) is 8.80. The molecular weight excluding hydrogens is 402 g/mol. The number of aromatic nitrogens is 1. The average Bonchev–Trinajstić information content (AvgIpc) is 2.85. The molecule has 1 N–H and O–H groups in total. The third-order valence-corrected chi connectivity index (χ3v) is 3.90. The third kappa shape index (κ3) is 4.35. The molecule has 2 aromatic rings. The predicted molar refractivity (Wildman–Crippen MR) is 101 cm³/mol. The molecule has 3 amide bonds. The number of carbonyl (C=O) groups is 4. The smallest absolute Gasteiger partial charge is 0.412 e. The van der Waals surface area contributed by atoms with E-state index < -0.39 is 29.5 Å². The van der Waals surface area contributed by atoms with Crippen molar-refractivity contribution in [3.63, 3.8) is 0 Å². The van der Waals surface area contributed by atoms with Gasteiger partial charge in [0, 0.05) is 0 Å². The summed E-state index contributed by atoms with van der Waals surface area (Å²) in [6.45, 7) is 5.11. The van der Waals surface area contributed by atoms with Gasteiger partial charge in [-0.2, -0.15) is 0 Å². The lowest BCUT2D eigenvalue weighted by Crippen LogP contribution is -2.33. The zero-order chi connectivity index (χ0) is 21.3. The van der Waals surface area contributed by atoms with Crippen molar-refractivity contribution in [3.05, 3.63) is 58.4 Å². The minimum Gasteiger partial charge on any atom is -0.444 e. The van der Waals surface area contributed by atoms with Crippen LogP contribution in [0.5, 0.6) is 0 Å². The molecule has 0 aliphatic carbocycles. The zero-order valence-electron chi connectivity index (χ0n) is 15.7. The lowest BCUT2D eigenvalue weighted by molar-refractivity contribution is -0.0588. The molecule has 10 heteroatoms. The summed E-state index contributed by atoms with van der Waals surface area (Å²) in [7, 11) is 0. The number of hydroxylamine groups is 2. The van der Waals surface area contributed by atoms with E-state index in [4.69, 9.17) is 21.2 Å². The second-order valence-corrected chi connectivity index (χ2v) is 7.42. The van der Waals surface area contributed by atoms with Crippen molar-refractivity contribution in [1.82, 2.24) is 10.0 Å². The number of fused-ring (bicyclic) bond motifs is 1. The van der Waals surface area contributed by atoms with Crippen molar-refractivity contribution in [2.75, 3.05) is 5.32 Å².